The molecule has 1 aliphatic rings. The van der Waals surface area contributed by atoms with Crippen LogP contribution in [-0.4, -0.2) is 6.04 Å². The van der Waals surface area contributed by atoms with Crippen LogP contribution in [0.2, 0.25) is 10.0 Å². The minimum absolute atomic E-state index is 0.210. The molecule has 16 heavy (non-hydrogen) atoms. The van der Waals surface area contributed by atoms with Gasteiger partial charge in [0, 0.05) is 6.04 Å². The van der Waals surface area contributed by atoms with Gasteiger partial charge in [0.2, 0.25) is 0 Å². The fourth-order valence-corrected chi connectivity index (χ4v) is 2.63. The maximum atomic E-state index is 6.13. The second-order valence-corrected chi connectivity index (χ2v) is 5.49. The summed E-state index contributed by atoms with van der Waals surface area (Å²) in [6, 6.07) is 5.96. The summed E-state index contributed by atoms with van der Waals surface area (Å²) in [5.74, 6) is 0.841. The van der Waals surface area contributed by atoms with Gasteiger partial charge in [0.25, 0.3) is 0 Å². The van der Waals surface area contributed by atoms with Crippen LogP contribution in [0.1, 0.15) is 31.2 Å². The monoisotopic (exact) mass is 257 g/mol. The number of nitrogens with two attached hydrogens (primary N) is 1. The Labute approximate surface area is 107 Å². The van der Waals surface area contributed by atoms with E-state index >= 15 is 0 Å². The molecule has 1 aliphatic carbocycles. The third kappa shape index (κ3) is 2.91. The first-order chi connectivity index (χ1) is 7.66. The fourth-order valence-electron chi connectivity index (χ4n) is 2.23. The SMILES string of the molecule is NC(Cc1cccc(Cl)c1Cl)CC1CCC1. The van der Waals surface area contributed by atoms with Crippen LogP contribution in [0.3, 0.4) is 0 Å². The van der Waals surface area contributed by atoms with E-state index in [2.05, 4.69) is 0 Å². The summed E-state index contributed by atoms with van der Waals surface area (Å²) in [5, 5.41) is 1.28. The molecule has 0 aromatic heterocycles. The van der Waals surface area contributed by atoms with Crippen LogP contribution in [0.5, 0.6) is 0 Å². The lowest BCUT2D eigenvalue weighted by Crippen LogP contribution is -2.28. The molecule has 1 unspecified atom stereocenters. The standard InChI is InChI=1S/C13H17Cl2N/c14-12-6-2-5-10(13(12)15)8-11(16)7-9-3-1-4-9/h2,5-6,9,11H,1,3-4,7-8,16H2. The van der Waals surface area contributed by atoms with E-state index in [1.165, 1.54) is 19.3 Å². The van der Waals surface area contributed by atoms with Gasteiger partial charge >= 0.3 is 0 Å². The molecular weight excluding hydrogens is 241 g/mol. The highest BCUT2D eigenvalue weighted by Crippen LogP contribution is 2.32. The number of rotatable bonds is 4. The van der Waals surface area contributed by atoms with Crippen molar-refractivity contribution in [3.8, 4) is 0 Å². The van der Waals surface area contributed by atoms with Crippen molar-refractivity contribution >= 4 is 23.2 Å². The van der Waals surface area contributed by atoms with Crippen LogP contribution in [0, 0.1) is 5.92 Å². The fraction of sp³-hybridized carbons (Fsp3) is 0.538. The van der Waals surface area contributed by atoms with Gasteiger partial charge in [-0.25, -0.2) is 0 Å². The summed E-state index contributed by atoms with van der Waals surface area (Å²) in [4.78, 5) is 0. The smallest absolute Gasteiger partial charge is 0.0624 e. The summed E-state index contributed by atoms with van der Waals surface area (Å²) in [6.45, 7) is 0. The third-order valence-electron chi connectivity index (χ3n) is 3.37. The quantitative estimate of drug-likeness (QED) is 0.866. The van der Waals surface area contributed by atoms with E-state index in [9.17, 15) is 0 Å². The van der Waals surface area contributed by atoms with Crippen molar-refractivity contribution in [2.45, 2.75) is 38.1 Å². The molecule has 1 aromatic carbocycles. The second-order valence-electron chi connectivity index (χ2n) is 4.71. The number of halogens is 2. The molecule has 2 rings (SSSR count). The van der Waals surface area contributed by atoms with Crippen LogP contribution in [-0.2, 0) is 6.42 Å². The number of benzene rings is 1. The maximum absolute atomic E-state index is 6.13. The lowest BCUT2D eigenvalue weighted by atomic mass is 9.80. The Morgan fingerprint density at radius 1 is 1.31 bits per heavy atom. The molecule has 0 amide bonds. The molecule has 0 heterocycles. The zero-order valence-electron chi connectivity index (χ0n) is 9.26. The van der Waals surface area contributed by atoms with Gasteiger partial charge in [0.05, 0.1) is 10.0 Å². The van der Waals surface area contributed by atoms with Crippen molar-refractivity contribution in [1.29, 1.82) is 0 Å². The molecule has 0 aliphatic heterocycles. The molecule has 0 bridgehead atoms. The van der Waals surface area contributed by atoms with Crippen molar-refractivity contribution in [3.05, 3.63) is 33.8 Å². The van der Waals surface area contributed by atoms with Crippen molar-refractivity contribution in [1.82, 2.24) is 0 Å². The van der Waals surface area contributed by atoms with Crippen LogP contribution in [0.4, 0.5) is 0 Å². The third-order valence-corrected chi connectivity index (χ3v) is 4.23. The summed E-state index contributed by atoms with van der Waals surface area (Å²) >= 11 is 12.1. The minimum Gasteiger partial charge on any atom is -0.327 e. The summed E-state index contributed by atoms with van der Waals surface area (Å²) in [5.41, 5.74) is 7.20. The maximum Gasteiger partial charge on any atom is 0.0624 e. The lowest BCUT2D eigenvalue weighted by Gasteiger charge is -2.28. The van der Waals surface area contributed by atoms with E-state index in [0.717, 1.165) is 24.3 Å². The molecule has 1 nitrogen and oxygen atoms in total. The average molecular weight is 258 g/mol. The Morgan fingerprint density at radius 2 is 2.06 bits per heavy atom. The Morgan fingerprint density at radius 3 is 2.69 bits per heavy atom. The van der Waals surface area contributed by atoms with Gasteiger partial charge in [-0.1, -0.05) is 54.6 Å². The highest BCUT2D eigenvalue weighted by atomic mass is 35.5. The molecule has 1 atom stereocenters. The zero-order chi connectivity index (χ0) is 11.5. The first kappa shape index (κ1) is 12.2. The Kier molecular flexibility index (Phi) is 4.12. The highest BCUT2D eigenvalue weighted by Gasteiger charge is 2.20. The van der Waals surface area contributed by atoms with Crippen LogP contribution in [0.25, 0.3) is 0 Å². The van der Waals surface area contributed by atoms with Crippen molar-refractivity contribution in [2.75, 3.05) is 0 Å². The number of hydrogen-bond donors (Lipinski definition) is 1. The van der Waals surface area contributed by atoms with Gasteiger partial charge in [-0.2, -0.15) is 0 Å². The molecule has 0 saturated heterocycles. The zero-order valence-corrected chi connectivity index (χ0v) is 10.8. The van der Waals surface area contributed by atoms with E-state index in [0.29, 0.717) is 10.0 Å². The van der Waals surface area contributed by atoms with Crippen LogP contribution >= 0.6 is 23.2 Å². The van der Waals surface area contributed by atoms with E-state index in [1.54, 1.807) is 0 Å². The largest absolute Gasteiger partial charge is 0.327 e. The highest BCUT2D eigenvalue weighted by molar-refractivity contribution is 6.42. The minimum atomic E-state index is 0.210. The predicted molar refractivity (Wildman–Crippen MR) is 70.1 cm³/mol. The Balaban J connectivity index is 1.94. The summed E-state index contributed by atoms with van der Waals surface area (Å²) in [7, 11) is 0. The molecule has 3 heteroatoms. The molecule has 0 spiro atoms. The van der Waals surface area contributed by atoms with Gasteiger partial charge in [0.15, 0.2) is 0 Å². The number of hydrogen-bond acceptors (Lipinski definition) is 1. The van der Waals surface area contributed by atoms with Crippen molar-refractivity contribution in [2.24, 2.45) is 11.7 Å². The van der Waals surface area contributed by atoms with Gasteiger partial charge in [0.1, 0.15) is 0 Å². The predicted octanol–water partition coefficient (Wildman–Crippen LogP) is 4.05. The van der Waals surface area contributed by atoms with E-state index in [1.807, 2.05) is 18.2 Å². The van der Waals surface area contributed by atoms with E-state index in [4.69, 9.17) is 28.9 Å². The van der Waals surface area contributed by atoms with E-state index in [-0.39, 0.29) is 6.04 Å². The van der Waals surface area contributed by atoms with Crippen molar-refractivity contribution in [3.63, 3.8) is 0 Å². The van der Waals surface area contributed by atoms with Gasteiger partial charge < -0.3 is 5.73 Å². The van der Waals surface area contributed by atoms with Gasteiger partial charge in [-0.3, -0.25) is 0 Å². The average Bonchev–Trinajstić information content (AvgIpc) is 2.19. The molecule has 0 radical (unpaired) electrons. The van der Waals surface area contributed by atoms with Crippen molar-refractivity contribution < 1.29 is 0 Å². The molecular formula is C13H17Cl2N. The summed E-state index contributed by atoms with van der Waals surface area (Å²) < 4.78 is 0. The normalized spacial score (nSPS) is 18.2. The molecule has 1 saturated carbocycles. The Hall–Kier alpha value is -0.240. The summed E-state index contributed by atoms with van der Waals surface area (Å²) in [6.07, 6.45) is 6.00. The topological polar surface area (TPSA) is 26.0 Å². The lowest BCUT2D eigenvalue weighted by molar-refractivity contribution is 0.275. The first-order valence-corrected chi connectivity index (χ1v) is 6.61. The molecule has 88 valence electrons. The van der Waals surface area contributed by atoms with Crippen LogP contribution < -0.4 is 5.73 Å². The van der Waals surface area contributed by atoms with Crippen LogP contribution in [0.15, 0.2) is 18.2 Å². The van der Waals surface area contributed by atoms with E-state index < -0.39 is 0 Å². The first-order valence-electron chi connectivity index (χ1n) is 5.85. The second kappa shape index (κ2) is 5.39. The van der Waals surface area contributed by atoms with Gasteiger partial charge in [-0.05, 0) is 30.4 Å². The Bertz CT molecular complexity index is 361. The molecule has 1 aromatic rings. The molecule has 1 fully saturated rings. The van der Waals surface area contributed by atoms with Gasteiger partial charge in [-0.15, -0.1) is 0 Å². The molecule has 2 N–H and O–H groups in total.